The number of aromatic amines is 1. The van der Waals surface area contributed by atoms with E-state index < -0.39 is 0 Å². The average molecular weight is 263 g/mol. The second-order valence-corrected chi connectivity index (χ2v) is 5.85. The highest BCUT2D eigenvalue weighted by Crippen LogP contribution is 2.37. The molecule has 0 amide bonds. The van der Waals surface area contributed by atoms with Crippen molar-refractivity contribution in [3.05, 3.63) is 27.9 Å². The molecule has 2 heterocycles. The normalized spacial score (nSPS) is 28.5. The van der Waals surface area contributed by atoms with E-state index in [4.69, 9.17) is 4.74 Å². The molecule has 1 N–H and O–H groups in total. The minimum atomic E-state index is -0.0266. The summed E-state index contributed by atoms with van der Waals surface area (Å²) in [5.74, 6) is 1.35. The van der Waals surface area contributed by atoms with Crippen LogP contribution in [0.5, 0.6) is 0 Å². The molecule has 19 heavy (non-hydrogen) atoms. The maximum atomic E-state index is 11.7. The van der Waals surface area contributed by atoms with Gasteiger partial charge in [-0.25, -0.2) is 4.98 Å². The SMILES string of the molecule is C[C@@H]1CN(Cc2cc(=O)[nH]c(C3CC3)n2)C[C@@H](C)O1. The van der Waals surface area contributed by atoms with Gasteiger partial charge >= 0.3 is 0 Å². The van der Waals surface area contributed by atoms with Gasteiger partial charge in [0.15, 0.2) is 0 Å². The predicted molar refractivity (Wildman–Crippen MR) is 72.1 cm³/mol. The Balaban J connectivity index is 1.73. The molecule has 2 aliphatic rings. The van der Waals surface area contributed by atoms with Gasteiger partial charge in [-0.15, -0.1) is 0 Å². The van der Waals surface area contributed by atoms with Gasteiger partial charge in [-0.05, 0) is 26.7 Å². The van der Waals surface area contributed by atoms with Crippen molar-refractivity contribution >= 4 is 0 Å². The van der Waals surface area contributed by atoms with Crippen LogP contribution in [0, 0.1) is 0 Å². The standard InChI is InChI=1S/C14H21N3O2/c1-9-6-17(7-10(2)19-9)8-12-5-13(18)16-14(15-12)11-3-4-11/h5,9-11H,3-4,6-8H2,1-2H3,(H,15,16,18)/t9-,10-/m1/s1. The third-order valence-electron chi connectivity index (χ3n) is 3.66. The Hall–Kier alpha value is -1.20. The summed E-state index contributed by atoms with van der Waals surface area (Å²) in [6, 6.07) is 1.62. The maximum Gasteiger partial charge on any atom is 0.251 e. The van der Waals surface area contributed by atoms with Crippen molar-refractivity contribution in [3.63, 3.8) is 0 Å². The van der Waals surface area contributed by atoms with E-state index in [0.717, 1.165) is 44.0 Å². The molecule has 0 unspecified atom stereocenters. The van der Waals surface area contributed by atoms with E-state index in [1.54, 1.807) is 6.07 Å². The van der Waals surface area contributed by atoms with Crippen LogP contribution in [0.2, 0.25) is 0 Å². The quantitative estimate of drug-likeness (QED) is 0.892. The predicted octanol–water partition coefficient (Wildman–Crippen LogP) is 1.26. The van der Waals surface area contributed by atoms with Gasteiger partial charge in [-0.2, -0.15) is 0 Å². The van der Waals surface area contributed by atoms with E-state index in [9.17, 15) is 4.79 Å². The molecular weight excluding hydrogens is 242 g/mol. The largest absolute Gasteiger partial charge is 0.373 e. The fraction of sp³-hybridized carbons (Fsp3) is 0.714. The van der Waals surface area contributed by atoms with Crippen molar-refractivity contribution in [1.82, 2.24) is 14.9 Å². The Bertz CT molecular complexity index is 500. The van der Waals surface area contributed by atoms with Crippen molar-refractivity contribution in [2.24, 2.45) is 0 Å². The molecule has 1 aromatic heterocycles. The van der Waals surface area contributed by atoms with Gasteiger partial charge in [0.2, 0.25) is 0 Å². The molecular formula is C14H21N3O2. The van der Waals surface area contributed by atoms with Crippen molar-refractivity contribution < 1.29 is 4.74 Å². The molecule has 2 fully saturated rings. The summed E-state index contributed by atoms with van der Waals surface area (Å²) in [7, 11) is 0. The second kappa shape index (κ2) is 5.06. The van der Waals surface area contributed by atoms with E-state index in [-0.39, 0.29) is 17.8 Å². The van der Waals surface area contributed by atoms with Crippen LogP contribution < -0.4 is 5.56 Å². The molecule has 0 radical (unpaired) electrons. The van der Waals surface area contributed by atoms with Crippen LogP contribution in [-0.4, -0.2) is 40.2 Å². The molecule has 0 bridgehead atoms. The van der Waals surface area contributed by atoms with E-state index >= 15 is 0 Å². The number of rotatable bonds is 3. The van der Waals surface area contributed by atoms with Crippen LogP contribution in [0.3, 0.4) is 0 Å². The second-order valence-electron chi connectivity index (χ2n) is 5.85. The van der Waals surface area contributed by atoms with Crippen LogP contribution in [0.25, 0.3) is 0 Å². The number of H-pyrrole nitrogens is 1. The molecule has 5 heteroatoms. The zero-order valence-corrected chi connectivity index (χ0v) is 11.6. The monoisotopic (exact) mass is 263 g/mol. The first kappa shape index (κ1) is 12.8. The van der Waals surface area contributed by atoms with Gasteiger partial charge in [0.05, 0.1) is 17.9 Å². The van der Waals surface area contributed by atoms with Crippen LogP contribution in [-0.2, 0) is 11.3 Å². The van der Waals surface area contributed by atoms with Crippen molar-refractivity contribution in [2.45, 2.75) is 51.4 Å². The van der Waals surface area contributed by atoms with Gasteiger partial charge in [0.25, 0.3) is 5.56 Å². The molecule has 1 aliphatic carbocycles. The van der Waals surface area contributed by atoms with Gasteiger partial charge in [-0.1, -0.05) is 0 Å². The average Bonchev–Trinajstić information content (AvgIpc) is 3.09. The number of nitrogens with one attached hydrogen (secondary N) is 1. The number of nitrogens with zero attached hydrogens (tertiary/aromatic N) is 2. The Labute approximate surface area is 113 Å². The Morgan fingerprint density at radius 2 is 2.05 bits per heavy atom. The van der Waals surface area contributed by atoms with E-state index in [1.165, 1.54) is 0 Å². The van der Waals surface area contributed by atoms with Crippen LogP contribution in [0.1, 0.15) is 44.1 Å². The summed E-state index contributed by atoms with van der Waals surface area (Å²) < 4.78 is 5.72. The molecule has 1 saturated heterocycles. The Morgan fingerprint density at radius 3 is 2.68 bits per heavy atom. The maximum absolute atomic E-state index is 11.7. The molecule has 1 aliphatic heterocycles. The topological polar surface area (TPSA) is 58.2 Å². The van der Waals surface area contributed by atoms with Gasteiger partial charge < -0.3 is 9.72 Å². The van der Waals surface area contributed by atoms with E-state index in [1.807, 2.05) is 0 Å². The number of ether oxygens (including phenoxy) is 1. The van der Waals surface area contributed by atoms with Crippen molar-refractivity contribution in [2.75, 3.05) is 13.1 Å². The fourth-order valence-electron chi connectivity index (χ4n) is 2.80. The lowest BCUT2D eigenvalue weighted by atomic mass is 10.2. The van der Waals surface area contributed by atoms with E-state index in [2.05, 4.69) is 28.7 Å². The smallest absolute Gasteiger partial charge is 0.251 e. The summed E-state index contributed by atoms with van der Waals surface area (Å²) in [6.45, 7) is 6.71. The lowest BCUT2D eigenvalue weighted by Gasteiger charge is -2.35. The first-order valence-electron chi connectivity index (χ1n) is 7.08. The van der Waals surface area contributed by atoms with Crippen molar-refractivity contribution in [3.8, 4) is 0 Å². The van der Waals surface area contributed by atoms with Crippen LogP contribution >= 0.6 is 0 Å². The molecule has 0 spiro atoms. The number of aromatic nitrogens is 2. The Kier molecular flexibility index (Phi) is 3.41. The number of hydrogen-bond acceptors (Lipinski definition) is 4. The van der Waals surface area contributed by atoms with Gasteiger partial charge in [0, 0.05) is 31.6 Å². The summed E-state index contributed by atoms with van der Waals surface area (Å²) in [5.41, 5.74) is 0.855. The third kappa shape index (κ3) is 3.22. The molecule has 2 atom stereocenters. The Morgan fingerprint density at radius 1 is 1.37 bits per heavy atom. The molecule has 1 aromatic rings. The van der Waals surface area contributed by atoms with Crippen LogP contribution in [0.4, 0.5) is 0 Å². The third-order valence-corrected chi connectivity index (χ3v) is 3.66. The molecule has 104 valence electrons. The molecule has 1 saturated carbocycles. The zero-order valence-electron chi connectivity index (χ0n) is 11.6. The first-order chi connectivity index (χ1) is 9.10. The number of morpholine rings is 1. The summed E-state index contributed by atoms with van der Waals surface area (Å²) >= 11 is 0. The summed E-state index contributed by atoms with van der Waals surface area (Å²) in [6.07, 6.45) is 2.79. The van der Waals surface area contributed by atoms with E-state index in [0.29, 0.717) is 5.92 Å². The minimum Gasteiger partial charge on any atom is -0.373 e. The summed E-state index contributed by atoms with van der Waals surface area (Å²) in [5, 5.41) is 0. The fourth-order valence-corrected chi connectivity index (χ4v) is 2.80. The highest BCUT2D eigenvalue weighted by atomic mass is 16.5. The van der Waals surface area contributed by atoms with Gasteiger partial charge in [-0.3, -0.25) is 9.69 Å². The van der Waals surface area contributed by atoms with Crippen molar-refractivity contribution in [1.29, 1.82) is 0 Å². The first-order valence-corrected chi connectivity index (χ1v) is 7.08. The lowest BCUT2D eigenvalue weighted by molar-refractivity contribution is -0.0707. The highest BCUT2D eigenvalue weighted by molar-refractivity contribution is 5.10. The number of hydrogen-bond donors (Lipinski definition) is 1. The highest BCUT2D eigenvalue weighted by Gasteiger charge is 2.27. The molecule has 3 rings (SSSR count). The molecule has 5 nitrogen and oxygen atoms in total. The molecule has 0 aromatic carbocycles. The lowest BCUT2D eigenvalue weighted by Crippen LogP contribution is -2.45. The van der Waals surface area contributed by atoms with Gasteiger partial charge in [0.1, 0.15) is 5.82 Å². The minimum absolute atomic E-state index is 0.0266. The van der Waals surface area contributed by atoms with Crippen LogP contribution in [0.15, 0.2) is 10.9 Å². The zero-order chi connectivity index (χ0) is 13.4. The summed E-state index contributed by atoms with van der Waals surface area (Å²) in [4.78, 5) is 21.4.